The number of anilines is 1. The van der Waals surface area contributed by atoms with E-state index in [9.17, 15) is 4.39 Å². The summed E-state index contributed by atoms with van der Waals surface area (Å²) in [6.07, 6.45) is 3.57. The highest BCUT2D eigenvalue weighted by Crippen LogP contribution is 2.26. The lowest BCUT2D eigenvalue weighted by atomic mass is 10.1. The Morgan fingerprint density at radius 1 is 1.23 bits per heavy atom. The molecule has 3 heterocycles. The van der Waals surface area contributed by atoms with Gasteiger partial charge in [-0.15, -0.1) is 0 Å². The van der Waals surface area contributed by atoms with Gasteiger partial charge in [0.15, 0.2) is 11.5 Å². The number of ether oxygens (including phenoxy) is 1. The molecule has 4 rings (SSSR count). The Hall–Kier alpha value is -2.56. The van der Waals surface area contributed by atoms with E-state index in [0.717, 1.165) is 38.2 Å². The summed E-state index contributed by atoms with van der Waals surface area (Å²) in [6, 6.07) is 7.97. The molecule has 2 saturated heterocycles. The second-order valence-electron chi connectivity index (χ2n) is 6.75. The molecule has 2 unspecified atom stereocenters. The molecule has 0 saturated carbocycles. The molecule has 0 aliphatic carbocycles. The highest BCUT2D eigenvalue weighted by molar-refractivity contribution is 5.46. The first-order valence-corrected chi connectivity index (χ1v) is 8.76. The van der Waals surface area contributed by atoms with E-state index in [1.54, 1.807) is 6.07 Å². The molecule has 26 heavy (non-hydrogen) atoms. The Balaban J connectivity index is 1.33. The number of hydrogen-bond acceptors (Lipinski definition) is 5. The van der Waals surface area contributed by atoms with Crippen molar-refractivity contribution in [2.24, 2.45) is 0 Å². The minimum atomic E-state index is -0.413. The van der Waals surface area contributed by atoms with Gasteiger partial charge in [-0.05, 0) is 12.0 Å². The summed E-state index contributed by atoms with van der Waals surface area (Å²) < 4.78 is 19.1. The summed E-state index contributed by atoms with van der Waals surface area (Å²) in [5, 5.41) is 0. The van der Waals surface area contributed by atoms with Crippen LogP contribution in [0.3, 0.4) is 0 Å². The van der Waals surface area contributed by atoms with Crippen molar-refractivity contribution < 1.29 is 9.13 Å². The van der Waals surface area contributed by atoms with Crippen LogP contribution in [-0.4, -0.2) is 53.2 Å². The first-order valence-electron chi connectivity index (χ1n) is 8.76. The fourth-order valence-corrected chi connectivity index (χ4v) is 3.70. The zero-order chi connectivity index (χ0) is 17.9. The van der Waals surface area contributed by atoms with Gasteiger partial charge in [-0.25, -0.2) is 19.2 Å². The monoisotopic (exact) mass is 353 g/mol. The number of nitrogens with zero attached hydrogens (tertiary/aromatic N) is 5. The Morgan fingerprint density at radius 2 is 2.08 bits per heavy atom. The van der Waals surface area contributed by atoms with Crippen LogP contribution in [0.25, 0.3) is 4.85 Å². The first-order chi connectivity index (χ1) is 12.7. The molecule has 2 aromatic rings. The third-order valence-corrected chi connectivity index (χ3v) is 4.99. The van der Waals surface area contributed by atoms with E-state index in [1.807, 2.05) is 18.2 Å². The zero-order valence-electron chi connectivity index (χ0n) is 14.4. The molecule has 2 atom stereocenters. The van der Waals surface area contributed by atoms with Gasteiger partial charge in [-0.1, -0.05) is 24.3 Å². The van der Waals surface area contributed by atoms with Gasteiger partial charge in [0.1, 0.15) is 0 Å². The molecule has 0 amide bonds. The molecular weight excluding hydrogens is 333 g/mol. The zero-order valence-corrected chi connectivity index (χ0v) is 14.4. The first kappa shape index (κ1) is 16.9. The van der Waals surface area contributed by atoms with E-state index in [2.05, 4.69) is 24.6 Å². The fourth-order valence-electron chi connectivity index (χ4n) is 3.70. The van der Waals surface area contributed by atoms with Crippen molar-refractivity contribution in [2.45, 2.75) is 25.2 Å². The molecule has 7 heteroatoms. The highest BCUT2D eigenvalue weighted by Gasteiger charge is 2.37. The van der Waals surface area contributed by atoms with Crippen LogP contribution < -0.4 is 4.90 Å². The van der Waals surface area contributed by atoms with E-state index in [4.69, 9.17) is 11.3 Å². The average Bonchev–Trinajstić information content (AvgIpc) is 3.09. The third kappa shape index (κ3) is 3.66. The normalized spacial score (nSPS) is 22.8. The molecule has 1 aromatic heterocycles. The van der Waals surface area contributed by atoms with Gasteiger partial charge in [0.05, 0.1) is 31.7 Å². The average molecular weight is 353 g/mol. The highest BCUT2D eigenvalue weighted by atomic mass is 19.1. The largest absolute Gasteiger partial charge is 0.372 e. The Bertz CT molecular complexity index is 806. The van der Waals surface area contributed by atoms with E-state index in [0.29, 0.717) is 24.3 Å². The standard InChI is InChI=1S/C19H20FN5O/c1-21-16-4-2-3-14(7-16)13-26-18-8-17-11-25(6-5-24(17)12-18)19-22-9-15(20)10-23-19/h2-4,7,9-10,17-18H,5-6,8,11-13H2. The Morgan fingerprint density at radius 3 is 2.88 bits per heavy atom. The number of rotatable bonds is 4. The van der Waals surface area contributed by atoms with Crippen molar-refractivity contribution >= 4 is 11.6 Å². The summed E-state index contributed by atoms with van der Waals surface area (Å²) in [6.45, 7) is 11.1. The minimum Gasteiger partial charge on any atom is -0.372 e. The molecule has 0 N–H and O–H groups in total. The van der Waals surface area contributed by atoms with Crippen molar-refractivity contribution in [1.82, 2.24) is 14.9 Å². The van der Waals surface area contributed by atoms with Gasteiger partial charge in [-0.2, -0.15) is 0 Å². The van der Waals surface area contributed by atoms with E-state index in [-0.39, 0.29) is 6.10 Å². The summed E-state index contributed by atoms with van der Waals surface area (Å²) in [5.41, 5.74) is 1.68. The lowest BCUT2D eigenvalue weighted by molar-refractivity contribution is 0.0470. The van der Waals surface area contributed by atoms with Gasteiger partial charge in [0.25, 0.3) is 0 Å². The van der Waals surface area contributed by atoms with Crippen molar-refractivity contribution in [3.63, 3.8) is 0 Å². The molecular formula is C19H20FN5O. The Labute approximate surface area is 152 Å². The van der Waals surface area contributed by atoms with Crippen molar-refractivity contribution in [3.8, 4) is 0 Å². The predicted octanol–water partition coefficient (Wildman–Crippen LogP) is 2.65. The third-order valence-electron chi connectivity index (χ3n) is 4.99. The lowest BCUT2D eigenvalue weighted by Crippen LogP contribution is -2.50. The number of hydrogen-bond donors (Lipinski definition) is 0. The second kappa shape index (κ2) is 7.36. The molecule has 0 bridgehead atoms. The lowest BCUT2D eigenvalue weighted by Gasteiger charge is -2.37. The van der Waals surface area contributed by atoms with Gasteiger partial charge in [-0.3, -0.25) is 4.90 Å². The van der Waals surface area contributed by atoms with Crippen molar-refractivity contribution in [2.75, 3.05) is 31.1 Å². The molecule has 2 aliphatic rings. The summed E-state index contributed by atoms with van der Waals surface area (Å²) in [7, 11) is 0. The molecule has 0 radical (unpaired) electrons. The number of fused-ring (bicyclic) bond motifs is 1. The quantitative estimate of drug-likeness (QED) is 0.791. The SMILES string of the molecule is [C-]#[N+]c1cccc(COC2CC3CN(c4ncc(F)cn4)CCN3C2)c1. The summed E-state index contributed by atoms with van der Waals surface area (Å²) >= 11 is 0. The van der Waals surface area contributed by atoms with Crippen LogP contribution in [0.1, 0.15) is 12.0 Å². The maximum atomic E-state index is 13.0. The second-order valence-corrected chi connectivity index (χ2v) is 6.75. The van der Waals surface area contributed by atoms with E-state index in [1.165, 1.54) is 12.4 Å². The minimum absolute atomic E-state index is 0.186. The smallest absolute Gasteiger partial charge is 0.225 e. The van der Waals surface area contributed by atoms with Crippen LogP contribution in [-0.2, 0) is 11.3 Å². The molecule has 0 spiro atoms. The van der Waals surface area contributed by atoms with Gasteiger partial charge in [0, 0.05) is 32.2 Å². The van der Waals surface area contributed by atoms with Crippen LogP contribution in [0.5, 0.6) is 0 Å². The number of aromatic nitrogens is 2. The van der Waals surface area contributed by atoms with E-state index < -0.39 is 5.82 Å². The predicted molar refractivity (Wildman–Crippen MR) is 95.5 cm³/mol. The number of halogens is 1. The molecule has 134 valence electrons. The van der Waals surface area contributed by atoms with Crippen LogP contribution in [0, 0.1) is 12.4 Å². The maximum Gasteiger partial charge on any atom is 0.225 e. The molecule has 2 fully saturated rings. The molecule has 1 aromatic carbocycles. The van der Waals surface area contributed by atoms with Crippen molar-refractivity contribution in [1.29, 1.82) is 0 Å². The number of benzene rings is 1. The van der Waals surface area contributed by atoms with Gasteiger partial charge < -0.3 is 9.64 Å². The Kier molecular flexibility index (Phi) is 4.78. The van der Waals surface area contributed by atoms with Crippen LogP contribution in [0.2, 0.25) is 0 Å². The number of piperazine rings is 1. The van der Waals surface area contributed by atoms with E-state index >= 15 is 0 Å². The van der Waals surface area contributed by atoms with Gasteiger partial charge >= 0.3 is 0 Å². The van der Waals surface area contributed by atoms with Crippen LogP contribution >= 0.6 is 0 Å². The maximum absolute atomic E-state index is 13.0. The van der Waals surface area contributed by atoms with Gasteiger partial charge in [0.2, 0.25) is 5.95 Å². The summed E-state index contributed by atoms with van der Waals surface area (Å²) in [4.78, 5) is 16.2. The molecule has 2 aliphatic heterocycles. The fraction of sp³-hybridized carbons (Fsp3) is 0.421. The topological polar surface area (TPSA) is 45.9 Å². The van der Waals surface area contributed by atoms with Crippen LogP contribution in [0.15, 0.2) is 36.7 Å². The van der Waals surface area contributed by atoms with Crippen LogP contribution in [0.4, 0.5) is 16.0 Å². The summed E-state index contributed by atoms with van der Waals surface area (Å²) in [5.74, 6) is 0.176. The molecule has 6 nitrogen and oxygen atoms in total. The van der Waals surface area contributed by atoms with Crippen molar-refractivity contribution in [3.05, 3.63) is 59.5 Å².